The molecule has 1 N–H and O–H groups in total. The first kappa shape index (κ1) is 13.5. The van der Waals surface area contributed by atoms with Crippen LogP contribution in [0.25, 0.3) is 0 Å². The molecule has 3 heteroatoms. The second kappa shape index (κ2) is 8.25. The minimum absolute atomic E-state index is 0.349. The van der Waals surface area contributed by atoms with Gasteiger partial charge in [-0.15, -0.1) is 0 Å². The van der Waals surface area contributed by atoms with E-state index in [1.54, 1.807) is 0 Å². The number of hydrogen-bond donors (Lipinski definition) is 1. The fourth-order valence-corrected chi connectivity index (χ4v) is 2.12. The highest BCUT2D eigenvalue weighted by atomic mass is 16.5. The third-order valence-corrected chi connectivity index (χ3v) is 3.14. The monoisotopic (exact) mass is 249 g/mol. The van der Waals surface area contributed by atoms with Gasteiger partial charge in [0.15, 0.2) is 0 Å². The van der Waals surface area contributed by atoms with Gasteiger partial charge in [0.2, 0.25) is 0 Å². The summed E-state index contributed by atoms with van der Waals surface area (Å²) in [4.78, 5) is 0. The molecule has 3 nitrogen and oxygen atoms in total. The topological polar surface area (TPSA) is 30.5 Å². The molecule has 0 aliphatic carbocycles. The summed E-state index contributed by atoms with van der Waals surface area (Å²) in [5.41, 5.74) is 1.33. The van der Waals surface area contributed by atoms with E-state index in [1.807, 2.05) is 6.07 Å². The molecule has 1 atom stereocenters. The summed E-state index contributed by atoms with van der Waals surface area (Å²) < 4.78 is 11.1. The lowest BCUT2D eigenvalue weighted by Gasteiger charge is -2.10. The molecule has 1 unspecified atom stereocenters. The fourth-order valence-electron chi connectivity index (χ4n) is 2.12. The van der Waals surface area contributed by atoms with E-state index < -0.39 is 0 Å². The predicted molar refractivity (Wildman–Crippen MR) is 72.6 cm³/mol. The molecule has 1 aliphatic heterocycles. The van der Waals surface area contributed by atoms with Crippen LogP contribution in [0, 0.1) is 0 Å². The summed E-state index contributed by atoms with van der Waals surface area (Å²) in [6.45, 7) is 4.43. The van der Waals surface area contributed by atoms with Gasteiger partial charge < -0.3 is 14.8 Å². The molecule has 0 radical (unpaired) electrons. The Hall–Kier alpha value is -0.900. The highest BCUT2D eigenvalue weighted by molar-refractivity contribution is 5.14. The minimum atomic E-state index is 0.349. The number of rotatable bonds is 8. The Labute approximate surface area is 109 Å². The molecular weight excluding hydrogens is 226 g/mol. The zero-order valence-corrected chi connectivity index (χ0v) is 10.9. The number of nitrogens with one attached hydrogen (secondary N) is 1. The third kappa shape index (κ3) is 5.17. The maximum atomic E-state index is 5.60. The SMILES string of the molecule is c1ccc(CNCCCOCC2CCCO2)cc1. The van der Waals surface area contributed by atoms with E-state index in [4.69, 9.17) is 9.47 Å². The lowest BCUT2D eigenvalue weighted by molar-refractivity contribution is 0.0166. The van der Waals surface area contributed by atoms with E-state index in [-0.39, 0.29) is 0 Å². The van der Waals surface area contributed by atoms with Crippen LogP contribution in [-0.4, -0.2) is 32.5 Å². The van der Waals surface area contributed by atoms with E-state index >= 15 is 0 Å². The Morgan fingerprint density at radius 1 is 1.28 bits per heavy atom. The normalized spacial score (nSPS) is 19.2. The van der Waals surface area contributed by atoms with Crippen molar-refractivity contribution >= 4 is 0 Å². The summed E-state index contributed by atoms with van der Waals surface area (Å²) in [6.07, 6.45) is 3.75. The van der Waals surface area contributed by atoms with Crippen molar-refractivity contribution < 1.29 is 9.47 Å². The van der Waals surface area contributed by atoms with Crippen molar-refractivity contribution in [3.8, 4) is 0 Å². The summed E-state index contributed by atoms with van der Waals surface area (Å²) in [7, 11) is 0. The Balaban J connectivity index is 1.42. The molecule has 1 heterocycles. The highest BCUT2D eigenvalue weighted by Gasteiger charge is 2.14. The third-order valence-electron chi connectivity index (χ3n) is 3.14. The number of ether oxygens (including phenoxy) is 2. The van der Waals surface area contributed by atoms with Gasteiger partial charge in [-0.3, -0.25) is 0 Å². The summed E-state index contributed by atoms with van der Waals surface area (Å²) in [5.74, 6) is 0. The van der Waals surface area contributed by atoms with Crippen LogP contribution in [-0.2, 0) is 16.0 Å². The molecule has 18 heavy (non-hydrogen) atoms. The second-order valence-electron chi connectivity index (χ2n) is 4.73. The molecule has 0 amide bonds. The smallest absolute Gasteiger partial charge is 0.0809 e. The van der Waals surface area contributed by atoms with E-state index in [9.17, 15) is 0 Å². The Kier molecular flexibility index (Phi) is 6.20. The van der Waals surface area contributed by atoms with Gasteiger partial charge in [-0.1, -0.05) is 30.3 Å². The van der Waals surface area contributed by atoms with Crippen LogP contribution in [0.2, 0.25) is 0 Å². The van der Waals surface area contributed by atoms with Crippen LogP contribution >= 0.6 is 0 Å². The number of benzene rings is 1. The molecule has 1 aliphatic rings. The first-order valence-electron chi connectivity index (χ1n) is 6.89. The molecular formula is C15H23NO2. The molecule has 0 aromatic heterocycles. The average molecular weight is 249 g/mol. The van der Waals surface area contributed by atoms with Crippen LogP contribution in [0.5, 0.6) is 0 Å². The van der Waals surface area contributed by atoms with Crippen LogP contribution < -0.4 is 5.32 Å². The van der Waals surface area contributed by atoms with Crippen molar-refractivity contribution in [3.05, 3.63) is 35.9 Å². The van der Waals surface area contributed by atoms with Gasteiger partial charge in [0.1, 0.15) is 0 Å². The van der Waals surface area contributed by atoms with Gasteiger partial charge in [0.05, 0.1) is 12.7 Å². The maximum absolute atomic E-state index is 5.60. The maximum Gasteiger partial charge on any atom is 0.0809 e. The van der Waals surface area contributed by atoms with Crippen molar-refractivity contribution in [1.29, 1.82) is 0 Å². The van der Waals surface area contributed by atoms with E-state index in [2.05, 4.69) is 29.6 Å². The van der Waals surface area contributed by atoms with Gasteiger partial charge in [-0.2, -0.15) is 0 Å². The van der Waals surface area contributed by atoms with Crippen molar-refractivity contribution in [3.63, 3.8) is 0 Å². The van der Waals surface area contributed by atoms with Crippen molar-refractivity contribution in [2.24, 2.45) is 0 Å². The first-order valence-corrected chi connectivity index (χ1v) is 6.89. The predicted octanol–water partition coefficient (Wildman–Crippen LogP) is 2.36. The standard InChI is InChI=1S/C15H23NO2/c1-2-6-14(7-3-1)12-16-9-5-10-17-13-15-8-4-11-18-15/h1-3,6-7,15-16H,4-5,8-13H2. The molecule has 2 rings (SSSR count). The zero-order valence-electron chi connectivity index (χ0n) is 10.9. The van der Waals surface area contributed by atoms with Crippen LogP contribution in [0.3, 0.4) is 0 Å². The first-order chi connectivity index (χ1) is 8.95. The molecule has 1 fully saturated rings. The average Bonchev–Trinajstić information content (AvgIpc) is 2.92. The lowest BCUT2D eigenvalue weighted by Crippen LogP contribution is -2.18. The molecule has 0 bridgehead atoms. The van der Waals surface area contributed by atoms with E-state index in [0.717, 1.165) is 45.8 Å². The fraction of sp³-hybridized carbons (Fsp3) is 0.600. The van der Waals surface area contributed by atoms with Gasteiger partial charge in [-0.05, 0) is 31.4 Å². The molecule has 1 saturated heterocycles. The quantitative estimate of drug-likeness (QED) is 0.717. The second-order valence-corrected chi connectivity index (χ2v) is 4.73. The van der Waals surface area contributed by atoms with Gasteiger partial charge in [-0.25, -0.2) is 0 Å². The van der Waals surface area contributed by atoms with E-state index in [0.29, 0.717) is 6.10 Å². The van der Waals surface area contributed by atoms with Crippen molar-refractivity contribution in [1.82, 2.24) is 5.32 Å². The number of hydrogen-bond acceptors (Lipinski definition) is 3. The zero-order chi connectivity index (χ0) is 12.5. The van der Waals surface area contributed by atoms with Gasteiger partial charge in [0.25, 0.3) is 0 Å². The summed E-state index contributed by atoms with van der Waals surface area (Å²) in [5, 5.41) is 3.42. The molecule has 100 valence electrons. The van der Waals surface area contributed by atoms with Crippen LogP contribution in [0.4, 0.5) is 0 Å². The van der Waals surface area contributed by atoms with Crippen molar-refractivity contribution in [2.45, 2.75) is 31.9 Å². The molecule has 1 aromatic rings. The van der Waals surface area contributed by atoms with Crippen molar-refractivity contribution in [2.75, 3.05) is 26.4 Å². The Morgan fingerprint density at radius 3 is 2.94 bits per heavy atom. The summed E-state index contributed by atoms with van der Waals surface area (Å²) >= 11 is 0. The summed E-state index contributed by atoms with van der Waals surface area (Å²) in [6, 6.07) is 10.5. The van der Waals surface area contributed by atoms with Gasteiger partial charge >= 0.3 is 0 Å². The van der Waals surface area contributed by atoms with Crippen LogP contribution in [0.15, 0.2) is 30.3 Å². The molecule has 0 spiro atoms. The Morgan fingerprint density at radius 2 is 2.17 bits per heavy atom. The largest absolute Gasteiger partial charge is 0.379 e. The molecule has 1 aromatic carbocycles. The Bertz CT molecular complexity index is 310. The van der Waals surface area contributed by atoms with Gasteiger partial charge in [0, 0.05) is 19.8 Å². The lowest BCUT2D eigenvalue weighted by atomic mass is 10.2. The highest BCUT2D eigenvalue weighted by Crippen LogP contribution is 2.11. The molecule has 0 saturated carbocycles. The van der Waals surface area contributed by atoms with Crippen LogP contribution in [0.1, 0.15) is 24.8 Å². The minimum Gasteiger partial charge on any atom is -0.379 e. The van der Waals surface area contributed by atoms with E-state index in [1.165, 1.54) is 12.0 Å².